The van der Waals surface area contributed by atoms with Gasteiger partial charge in [-0.15, -0.1) is 0 Å². The first kappa shape index (κ1) is 13.3. The molecule has 106 valence electrons. The molecular weight excluding hydrogens is 250 g/mol. The Hall–Kier alpha value is -1.65. The molecule has 3 rings (SSSR count). The lowest BCUT2D eigenvalue weighted by Gasteiger charge is -2.16. The van der Waals surface area contributed by atoms with Gasteiger partial charge in [0.1, 0.15) is 0 Å². The van der Waals surface area contributed by atoms with Crippen LogP contribution in [0.2, 0.25) is 0 Å². The largest absolute Gasteiger partial charge is 0.357 e. The molecule has 1 fully saturated rings. The topological polar surface area (TPSA) is 62.1 Å². The summed E-state index contributed by atoms with van der Waals surface area (Å²) in [6.45, 7) is 6.75. The van der Waals surface area contributed by atoms with Gasteiger partial charge in [0.25, 0.3) is 0 Å². The van der Waals surface area contributed by atoms with Crippen molar-refractivity contribution in [3.63, 3.8) is 0 Å². The molecule has 4 heteroatoms. The van der Waals surface area contributed by atoms with Crippen LogP contribution in [-0.4, -0.2) is 29.0 Å². The number of aromatic amines is 1. The highest BCUT2D eigenvalue weighted by Gasteiger charge is 2.19. The molecule has 0 saturated carbocycles. The summed E-state index contributed by atoms with van der Waals surface area (Å²) in [6, 6.07) is 6.06. The molecule has 1 saturated heterocycles. The van der Waals surface area contributed by atoms with Crippen molar-refractivity contribution in [2.24, 2.45) is 5.73 Å². The van der Waals surface area contributed by atoms with E-state index >= 15 is 0 Å². The Morgan fingerprint density at radius 1 is 1.35 bits per heavy atom. The highest BCUT2D eigenvalue weighted by atomic mass is 16.1. The molecule has 1 aliphatic rings. The molecule has 20 heavy (non-hydrogen) atoms. The number of rotatable bonds is 2. The lowest BCUT2D eigenvalue weighted by atomic mass is 10.1. The Balaban J connectivity index is 1.99. The standard InChI is InChI=1S/C16H21N3O/c1-10-5-11(2)16-14(6-10)15(20)7-13(18-16)9-19-4-3-12(17)8-19/h5-7,12H,3-4,8-9,17H2,1-2H3,(H,18,20)/t12-/m0/s1. The van der Waals surface area contributed by atoms with E-state index < -0.39 is 0 Å². The molecule has 1 aromatic heterocycles. The molecule has 3 N–H and O–H groups in total. The number of likely N-dealkylation sites (tertiary alicyclic amines) is 1. The number of hydrogen-bond donors (Lipinski definition) is 2. The Kier molecular flexibility index (Phi) is 3.36. The maximum absolute atomic E-state index is 12.3. The van der Waals surface area contributed by atoms with Crippen molar-refractivity contribution in [2.75, 3.05) is 13.1 Å². The van der Waals surface area contributed by atoms with Crippen molar-refractivity contribution >= 4 is 10.9 Å². The molecule has 2 heterocycles. The number of aryl methyl sites for hydroxylation is 2. The highest BCUT2D eigenvalue weighted by Crippen LogP contribution is 2.17. The Labute approximate surface area is 118 Å². The lowest BCUT2D eigenvalue weighted by Crippen LogP contribution is -2.27. The summed E-state index contributed by atoms with van der Waals surface area (Å²) in [5.74, 6) is 0. The summed E-state index contributed by atoms with van der Waals surface area (Å²) in [5.41, 5.74) is 10.2. The number of fused-ring (bicyclic) bond motifs is 1. The average molecular weight is 271 g/mol. The fourth-order valence-electron chi connectivity index (χ4n) is 3.09. The van der Waals surface area contributed by atoms with Crippen LogP contribution in [0.25, 0.3) is 10.9 Å². The number of hydrogen-bond acceptors (Lipinski definition) is 3. The smallest absolute Gasteiger partial charge is 0.189 e. The molecule has 4 nitrogen and oxygen atoms in total. The number of aromatic nitrogens is 1. The van der Waals surface area contributed by atoms with Crippen LogP contribution in [-0.2, 0) is 6.54 Å². The summed E-state index contributed by atoms with van der Waals surface area (Å²) >= 11 is 0. The second-order valence-corrected chi connectivity index (χ2v) is 5.95. The second kappa shape index (κ2) is 5.04. The zero-order chi connectivity index (χ0) is 14.3. The van der Waals surface area contributed by atoms with Crippen LogP contribution in [0, 0.1) is 13.8 Å². The normalized spacial score (nSPS) is 19.9. The van der Waals surface area contributed by atoms with Gasteiger partial charge >= 0.3 is 0 Å². The highest BCUT2D eigenvalue weighted by molar-refractivity contribution is 5.82. The van der Waals surface area contributed by atoms with E-state index in [1.54, 1.807) is 6.07 Å². The van der Waals surface area contributed by atoms with Gasteiger partial charge < -0.3 is 10.7 Å². The fourth-order valence-corrected chi connectivity index (χ4v) is 3.09. The van der Waals surface area contributed by atoms with Crippen molar-refractivity contribution in [3.05, 3.63) is 45.2 Å². The summed E-state index contributed by atoms with van der Waals surface area (Å²) in [5, 5.41) is 0.782. The van der Waals surface area contributed by atoms with Crippen molar-refractivity contribution in [1.29, 1.82) is 0 Å². The van der Waals surface area contributed by atoms with Crippen LogP contribution in [0.4, 0.5) is 0 Å². The van der Waals surface area contributed by atoms with Gasteiger partial charge in [0.2, 0.25) is 0 Å². The third kappa shape index (κ3) is 2.49. The molecule has 0 aliphatic carbocycles. The van der Waals surface area contributed by atoms with Crippen LogP contribution in [0.15, 0.2) is 23.0 Å². The van der Waals surface area contributed by atoms with Crippen LogP contribution in [0.1, 0.15) is 23.2 Å². The van der Waals surface area contributed by atoms with Gasteiger partial charge in [0.15, 0.2) is 5.43 Å². The van der Waals surface area contributed by atoms with Gasteiger partial charge in [-0.2, -0.15) is 0 Å². The van der Waals surface area contributed by atoms with E-state index in [-0.39, 0.29) is 11.5 Å². The summed E-state index contributed by atoms with van der Waals surface area (Å²) in [7, 11) is 0. The van der Waals surface area contributed by atoms with Crippen LogP contribution in [0.5, 0.6) is 0 Å². The number of pyridine rings is 1. The molecule has 1 aromatic carbocycles. The number of nitrogens with two attached hydrogens (primary N) is 1. The monoisotopic (exact) mass is 271 g/mol. The number of nitrogens with one attached hydrogen (secondary N) is 1. The Bertz CT molecular complexity index is 705. The first-order valence-electron chi connectivity index (χ1n) is 7.14. The maximum atomic E-state index is 12.3. The van der Waals surface area contributed by atoms with E-state index in [1.165, 1.54) is 0 Å². The van der Waals surface area contributed by atoms with Crippen LogP contribution < -0.4 is 11.2 Å². The molecule has 0 amide bonds. The van der Waals surface area contributed by atoms with E-state index in [4.69, 9.17) is 5.73 Å². The predicted molar refractivity (Wildman–Crippen MR) is 81.9 cm³/mol. The molecule has 0 spiro atoms. The molecular formula is C16H21N3O. The summed E-state index contributed by atoms with van der Waals surface area (Å²) in [4.78, 5) is 18.0. The quantitative estimate of drug-likeness (QED) is 0.873. The Morgan fingerprint density at radius 3 is 2.85 bits per heavy atom. The second-order valence-electron chi connectivity index (χ2n) is 5.95. The fraction of sp³-hybridized carbons (Fsp3) is 0.438. The molecule has 1 atom stereocenters. The van der Waals surface area contributed by atoms with Crippen LogP contribution >= 0.6 is 0 Å². The number of H-pyrrole nitrogens is 1. The Morgan fingerprint density at radius 2 is 2.15 bits per heavy atom. The van der Waals surface area contributed by atoms with E-state index in [0.717, 1.165) is 53.8 Å². The van der Waals surface area contributed by atoms with Crippen molar-refractivity contribution in [2.45, 2.75) is 32.9 Å². The average Bonchev–Trinajstić information content (AvgIpc) is 2.76. The molecule has 1 aliphatic heterocycles. The minimum absolute atomic E-state index is 0.101. The lowest BCUT2D eigenvalue weighted by molar-refractivity contribution is 0.323. The summed E-state index contributed by atoms with van der Waals surface area (Å²) in [6.07, 6.45) is 1.04. The van der Waals surface area contributed by atoms with Crippen molar-refractivity contribution in [3.8, 4) is 0 Å². The van der Waals surface area contributed by atoms with Gasteiger partial charge in [-0.1, -0.05) is 6.07 Å². The van der Waals surface area contributed by atoms with Gasteiger partial charge in [0.05, 0.1) is 5.52 Å². The minimum atomic E-state index is 0.101. The van der Waals surface area contributed by atoms with Crippen molar-refractivity contribution < 1.29 is 0 Å². The van der Waals surface area contributed by atoms with E-state index in [9.17, 15) is 4.79 Å². The van der Waals surface area contributed by atoms with Crippen LogP contribution in [0.3, 0.4) is 0 Å². The SMILES string of the molecule is Cc1cc(C)c2[nH]c(CN3CC[C@H](N)C3)cc(=O)c2c1. The molecule has 2 aromatic rings. The third-order valence-corrected chi connectivity index (χ3v) is 4.04. The first-order valence-corrected chi connectivity index (χ1v) is 7.14. The molecule has 0 radical (unpaired) electrons. The first-order chi connectivity index (χ1) is 9.52. The number of nitrogens with zero attached hydrogens (tertiary/aromatic N) is 1. The summed E-state index contributed by atoms with van der Waals surface area (Å²) < 4.78 is 0. The molecule has 0 unspecified atom stereocenters. The minimum Gasteiger partial charge on any atom is -0.357 e. The third-order valence-electron chi connectivity index (χ3n) is 4.04. The van der Waals surface area contributed by atoms with Gasteiger partial charge in [-0.3, -0.25) is 9.69 Å². The van der Waals surface area contributed by atoms with Gasteiger partial charge in [-0.05, 0) is 37.5 Å². The predicted octanol–water partition coefficient (Wildman–Crippen LogP) is 1.68. The van der Waals surface area contributed by atoms with Crippen molar-refractivity contribution in [1.82, 2.24) is 9.88 Å². The zero-order valence-electron chi connectivity index (χ0n) is 12.1. The van der Waals surface area contributed by atoms with Gasteiger partial charge in [-0.25, -0.2) is 0 Å². The molecule has 0 bridgehead atoms. The van der Waals surface area contributed by atoms with E-state index in [1.807, 2.05) is 19.9 Å². The van der Waals surface area contributed by atoms with E-state index in [0.29, 0.717) is 0 Å². The maximum Gasteiger partial charge on any atom is 0.189 e. The van der Waals surface area contributed by atoms with Gasteiger partial charge in [0, 0.05) is 42.8 Å². The zero-order valence-corrected chi connectivity index (χ0v) is 12.1. The van der Waals surface area contributed by atoms with E-state index in [2.05, 4.69) is 16.0 Å². The number of benzene rings is 1.